The number of hydrogen-bond donors (Lipinski definition) is 0. The molecule has 0 amide bonds. The van der Waals surface area contributed by atoms with Crippen LogP contribution in [0.4, 0.5) is 4.39 Å². The highest BCUT2D eigenvalue weighted by Crippen LogP contribution is 2.08. The smallest absolute Gasteiger partial charge is 0.306 e. The number of sulfone groups is 1. The maximum absolute atomic E-state index is 12.7. The van der Waals surface area contributed by atoms with Gasteiger partial charge in [-0.1, -0.05) is 0 Å². The predicted octanol–water partition coefficient (Wildman–Crippen LogP) is 1.38. The van der Waals surface area contributed by atoms with E-state index < -0.39 is 21.6 Å². The Balaban J connectivity index is 2.51. The molecule has 0 aliphatic rings. The molecule has 0 radical (unpaired) electrons. The van der Waals surface area contributed by atoms with Crippen LogP contribution in [0.5, 0.6) is 0 Å². The van der Waals surface area contributed by atoms with E-state index in [9.17, 15) is 22.4 Å². The monoisotopic (exact) mass is 302 g/mol. The Morgan fingerprint density at radius 2 is 1.65 bits per heavy atom. The third-order valence-electron chi connectivity index (χ3n) is 2.65. The molecule has 0 bridgehead atoms. The molecule has 0 spiro atoms. The van der Waals surface area contributed by atoms with Gasteiger partial charge in [0.2, 0.25) is 0 Å². The SMILES string of the molecule is COC(=O)CCS(=O)(=O)CCC(=O)c1ccc(F)cc1. The minimum Gasteiger partial charge on any atom is -0.469 e. The number of rotatable bonds is 7. The van der Waals surface area contributed by atoms with E-state index in [0.717, 1.165) is 12.1 Å². The number of halogens is 1. The standard InChI is InChI=1S/C13H15FO5S/c1-19-13(16)7-9-20(17,18)8-6-12(15)10-2-4-11(14)5-3-10/h2-5H,6-9H2,1H3. The quantitative estimate of drug-likeness (QED) is 0.561. The van der Waals surface area contributed by atoms with E-state index in [1.54, 1.807) is 0 Å². The van der Waals surface area contributed by atoms with Gasteiger partial charge in [0.05, 0.1) is 25.0 Å². The minimum absolute atomic E-state index is 0.199. The molecule has 110 valence electrons. The summed E-state index contributed by atoms with van der Waals surface area (Å²) in [7, 11) is -2.32. The number of Topliss-reactive ketones (excluding diaryl/α,β-unsaturated/α-hetero) is 1. The Kier molecular flexibility index (Phi) is 5.82. The van der Waals surface area contributed by atoms with Crippen LogP contribution in [0, 0.1) is 5.82 Å². The molecule has 0 fully saturated rings. The van der Waals surface area contributed by atoms with Gasteiger partial charge in [0, 0.05) is 12.0 Å². The van der Waals surface area contributed by atoms with Crippen molar-refractivity contribution in [3.63, 3.8) is 0 Å². The first-order chi connectivity index (χ1) is 9.34. The fraction of sp³-hybridized carbons (Fsp3) is 0.385. The van der Waals surface area contributed by atoms with Crippen LogP contribution >= 0.6 is 0 Å². The van der Waals surface area contributed by atoms with Crippen LogP contribution in [0.15, 0.2) is 24.3 Å². The molecule has 0 saturated carbocycles. The number of ether oxygens (including phenoxy) is 1. The second kappa shape index (κ2) is 7.14. The summed E-state index contributed by atoms with van der Waals surface area (Å²) in [5, 5.41) is 0. The lowest BCUT2D eigenvalue weighted by atomic mass is 10.1. The maximum atomic E-state index is 12.7. The Labute approximate surface area is 116 Å². The lowest BCUT2D eigenvalue weighted by Gasteiger charge is -2.04. The van der Waals surface area contributed by atoms with Gasteiger partial charge in [-0.2, -0.15) is 0 Å². The number of esters is 1. The summed E-state index contributed by atoms with van der Waals surface area (Å²) in [4.78, 5) is 22.6. The molecule has 0 aliphatic heterocycles. The van der Waals surface area contributed by atoms with E-state index in [1.165, 1.54) is 19.2 Å². The molecular weight excluding hydrogens is 287 g/mol. The third-order valence-corrected chi connectivity index (χ3v) is 4.30. The van der Waals surface area contributed by atoms with Crippen molar-refractivity contribution in [1.82, 2.24) is 0 Å². The molecule has 1 aromatic carbocycles. The molecule has 7 heteroatoms. The minimum atomic E-state index is -3.49. The maximum Gasteiger partial charge on any atom is 0.306 e. The van der Waals surface area contributed by atoms with Crippen molar-refractivity contribution in [3.8, 4) is 0 Å². The number of hydrogen-bond acceptors (Lipinski definition) is 5. The number of methoxy groups -OCH3 is 1. The zero-order valence-corrected chi connectivity index (χ0v) is 11.8. The Hall–Kier alpha value is -1.76. The summed E-state index contributed by atoms with van der Waals surface area (Å²) in [5.74, 6) is -2.16. The van der Waals surface area contributed by atoms with Crippen LogP contribution in [0.25, 0.3) is 0 Å². The topological polar surface area (TPSA) is 77.5 Å². The molecular formula is C13H15FO5S. The molecule has 0 saturated heterocycles. The lowest BCUT2D eigenvalue weighted by Crippen LogP contribution is -2.17. The molecule has 0 unspecified atom stereocenters. The largest absolute Gasteiger partial charge is 0.469 e. The Morgan fingerprint density at radius 1 is 1.10 bits per heavy atom. The van der Waals surface area contributed by atoms with Crippen LogP contribution < -0.4 is 0 Å². The number of benzene rings is 1. The van der Waals surface area contributed by atoms with Crippen LogP contribution in [0.2, 0.25) is 0 Å². The van der Waals surface area contributed by atoms with Crippen molar-refractivity contribution in [1.29, 1.82) is 0 Å². The first-order valence-electron chi connectivity index (χ1n) is 5.90. The summed E-state index contributed by atoms with van der Waals surface area (Å²) in [6.07, 6.45) is -0.432. The predicted molar refractivity (Wildman–Crippen MR) is 70.6 cm³/mol. The van der Waals surface area contributed by atoms with Gasteiger partial charge in [-0.05, 0) is 24.3 Å². The average Bonchev–Trinajstić information content (AvgIpc) is 2.43. The molecule has 0 atom stereocenters. The lowest BCUT2D eigenvalue weighted by molar-refractivity contribution is -0.140. The summed E-state index contributed by atoms with van der Waals surface area (Å²) in [6, 6.07) is 4.88. The van der Waals surface area contributed by atoms with Crippen molar-refractivity contribution in [2.24, 2.45) is 0 Å². The highest BCUT2D eigenvalue weighted by atomic mass is 32.2. The van der Waals surface area contributed by atoms with Crippen LogP contribution in [0.3, 0.4) is 0 Å². The molecule has 0 aliphatic carbocycles. The number of carbonyl (C=O) groups excluding carboxylic acids is 2. The first kappa shape index (κ1) is 16.3. The van der Waals surface area contributed by atoms with Crippen LogP contribution in [-0.4, -0.2) is 38.8 Å². The molecule has 20 heavy (non-hydrogen) atoms. The fourth-order valence-corrected chi connectivity index (χ4v) is 2.65. The van der Waals surface area contributed by atoms with E-state index in [-0.39, 0.29) is 35.7 Å². The second-order valence-corrected chi connectivity index (χ2v) is 6.46. The van der Waals surface area contributed by atoms with Gasteiger partial charge in [-0.15, -0.1) is 0 Å². The molecule has 5 nitrogen and oxygen atoms in total. The fourth-order valence-electron chi connectivity index (χ4n) is 1.47. The van der Waals surface area contributed by atoms with Gasteiger partial charge < -0.3 is 4.74 Å². The van der Waals surface area contributed by atoms with E-state index >= 15 is 0 Å². The van der Waals surface area contributed by atoms with Crippen LogP contribution in [0.1, 0.15) is 23.2 Å². The van der Waals surface area contributed by atoms with Crippen molar-refractivity contribution in [2.75, 3.05) is 18.6 Å². The van der Waals surface area contributed by atoms with Gasteiger partial charge in [0.1, 0.15) is 5.82 Å². The van der Waals surface area contributed by atoms with E-state index in [2.05, 4.69) is 4.74 Å². The first-order valence-corrected chi connectivity index (χ1v) is 7.72. The van der Waals surface area contributed by atoms with Gasteiger partial charge in [-0.25, -0.2) is 12.8 Å². The summed E-state index contributed by atoms with van der Waals surface area (Å²) in [5.41, 5.74) is 0.259. The third kappa shape index (κ3) is 5.48. The number of carbonyl (C=O) groups is 2. The van der Waals surface area contributed by atoms with Gasteiger partial charge >= 0.3 is 5.97 Å². The van der Waals surface area contributed by atoms with E-state index in [0.29, 0.717) is 0 Å². The van der Waals surface area contributed by atoms with E-state index in [4.69, 9.17) is 0 Å². The summed E-state index contributed by atoms with van der Waals surface area (Å²) >= 11 is 0. The molecule has 0 N–H and O–H groups in total. The highest BCUT2D eigenvalue weighted by Gasteiger charge is 2.16. The zero-order chi connectivity index (χ0) is 15.2. The van der Waals surface area contributed by atoms with Gasteiger partial charge in [0.25, 0.3) is 0 Å². The molecule has 0 aromatic heterocycles. The Morgan fingerprint density at radius 3 is 2.20 bits per heavy atom. The van der Waals surface area contributed by atoms with Crippen LogP contribution in [-0.2, 0) is 19.4 Å². The van der Waals surface area contributed by atoms with Gasteiger partial charge in [0.15, 0.2) is 15.6 Å². The summed E-state index contributed by atoms with van der Waals surface area (Å²) < 4.78 is 40.3. The normalized spacial score (nSPS) is 11.1. The highest BCUT2D eigenvalue weighted by molar-refractivity contribution is 7.91. The molecule has 0 heterocycles. The zero-order valence-electron chi connectivity index (χ0n) is 11.0. The van der Waals surface area contributed by atoms with Crippen molar-refractivity contribution >= 4 is 21.6 Å². The van der Waals surface area contributed by atoms with Crippen molar-refractivity contribution < 1.29 is 27.1 Å². The van der Waals surface area contributed by atoms with Crippen molar-refractivity contribution in [3.05, 3.63) is 35.6 Å². The Bertz CT molecular complexity index is 577. The molecule has 1 rings (SSSR count). The number of ketones is 1. The molecule has 1 aromatic rings. The summed E-state index contributed by atoms with van der Waals surface area (Å²) in [6.45, 7) is 0. The van der Waals surface area contributed by atoms with E-state index in [1.807, 2.05) is 0 Å². The van der Waals surface area contributed by atoms with Crippen molar-refractivity contribution in [2.45, 2.75) is 12.8 Å². The van der Waals surface area contributed by atoms with Gasteiger partial charge in [-0.3, -0.25) is 9.59 Å². The average molecular weight is 302 g/mol. The second-order valence-electron chi connectivity index (χ2n) is 4.16.